The molecule has 4 rings (SSSR count). The van der Waals surface area contributed by atoms with E-state index in [0.29, 0.717) is 11.3 Å². The highest BCUT2D eigenvalue weighted by atomic mass is 16.2. The van der Waals surface area contributed by atoms with Crippen molar-refractivity contribution >= 4 is 17.5 Å². The van der Waals surface area contributed by atoms with Crippen LogP contribution in [-0.4, -0.2) is 11.8 Å². The third-order valence-electron chi connectivity index (χ3n) is 4.60. The zero-order chi connectivity index (χ0) is 17.4. The molecule has 0 saturated carbocycles. The van der Waals surface area contributed by atoms with E-state index in [1.165, 1.54) is 4.90 Å². The minimum absolute atomic E-state index is 0.209. The number of imide groups is 1. The van der Waals surface area contributed by atoms with Crippen LogP contribution in [0.25, 0.3) is 0 Å². The fraction of sp³-hybridized carbons (Fsp3) is 0.0909. The molecule has 122 valence electrons. The molecule has 3 heteroatoms. The van der Waals surface area contributed by atoms with Crippen LogP contribution in [0, 0.1) is 6.92 Å². The maximum absolute atomic E-state index is 13.3. The van der Waals surface area contributed by atoms with Crippen molar-refractivity contribution in [2.75, 3.05) is 4.90 Å². The van der Waals surface area contributed by atoms with Gasteiger partial charge in [-0.05, 0) is 36.2 Å². The van der Waals surface area contributed by atoms with Crippen LogP contribution in [0.2, 0.25) is 0 Å². The van der Waals surface area contributed by atoms with E-state index >= 15 is 0 Å². The smallest absolute Gasteiger partial charge is 0.265 e. The third kappa shape index (κ3) is 2.54. The van der Waals surface area contributed by atoms with Crippen LogP contribution in [0.1, 0.15) is 33.0 Å². The normalized spacial score (nSPS) is 16.7. The van der Waals surface area contributed by atoms with E-state index in [-0.39, 0.29) is 11.8 Å². The van der Waals surface area contributed by atoms with Crippen LogP contribution in [0.5, 0.6) is 0 Å². The molecular weight excluding hydrogens is 310 g/mol. The van der Waals surface area contributed by atoms with E-state index < -0.39 is 5.92 Å². The number of hydrogen-bond donors (Lipinski definition) is 0. The second-order valence-electron chi connectivity index (χ2n) is 6.25. The molecule has 0 N–H and O–H groups in total. The molecule has 3 aromatic rings. The zero-order valence-corrected chi connectivity index (χ0v) is 13.8. The summed E-state index contributed by atoms with van der Waals surface area (Å²) in [7, 11) is 0. The number of carbonyl (C=O) groups excluding carboxylic acids is 2. The SMILES string of the molecule is Cc1ccc(N2C(=O)c3ccccc3C(c3ccccc3)C2=O)cc1. The minimum atomic E-state index is -0.476. The van der Waals surface area contributed by atoms with Gasteiger partial charge in [0.25, 0.3) is 5.91 Å². The maximum Gasteiger partial charge on any atom is 0.265 e. The van der Waals surface area contributed by atoms with Crippen molar-refractivity contribution in [3.8, 4) is 0 Å². The van der Waals surface area contributed by atoms with Crippen molar-refractivity contribution in [3.63, 3.8) is 0 Å². The molecule has 1 heterocycles. The van der Waals surface area contributed by atoms with Crippen LogP contribution in [0.4, 0.5) is 5.69 Å². The summed E-state index contributed by atoms with van der Waals surface area (Å²) in [6, 6.07) is 24.5. The Kier molecular flexibility index (Phi) is 3.69. The number of amides is 2. The van der Waals surface area contributed by atoms with Gasteiger partial charge in [-0.15, -0.1) is 0 Å². The summed E-state index contributed by atoms with van der Waals surface area (Å²) in [5, 5.41) is 0. The number of rotatable bonds is 2. The Labute approximate surface area is 146 Å². The molecule has 0 radical (unpaired) electrons. The molecule has 1 aliphatic rings. The molecule has 0 fully saturated rings. The van der Waals surface area contributed by atoms with Crippen LogP contribution >= 0.6 is 0 Å². The van der Waals surface area contributed by atoms with E-state index in [2.05, 4.69) is 0 Å². The van der Waals surface area contributed by atoms with Gasteiger partial charge in [0.05, 0.1) is 11.6 Å². The molecule has 3 aromatic carbocycles. The fourth-order valence-electron chi connectivity index (χ4n) is 3.33. The lowest BCUT2D eigenvalue weighted by Crippen LogP contribution is -2.45. The Bertz CT molecular complexity index is 945. The average molecular weight is 327 g/mol. The summed E-state index contributed by atoms with van der Waals surface area (Å²) in [4.78, 5) is 27.6. The van der Waals surface area contributed by atoms with Gasteiger partial charge in [-0.3, -0.25) is 9.59 Å². The van der Waals surface area contributed by atoms with Gasteiger partial charge in [0.15, 0.2) is 0 Å². The number of anilines is 1. The lowest BCUT2D eigenvalue weighted by Gasteiger charge is -2.32. The highest BCUT2D eigenvalue weighted by Gasteiger charge is 2.40. The Hall–Kier alpha value is -3.20. The predicted octanol–water partition coefficient (Wildman–Crippen LogP) is 4.31. The second kappa shape index (κ2) is 6.02. The fourth-order valence-corrected chi connectivity index (χ4v) is 3.33. The monoisotopic (exact) mass is 327 g/mol. The third-order valence-corrected chi connectivity index (χ3v) is 4.60. The van der Waals surface area contributed by atoms with Crippen molar-refractivity contribution in [3.05, 3.63) is 101 Å². The average Bonchev–Trinajstić information content (AvgIpc) is 2.64. The largest absolute Gasteiger partial charge is 0.273 e. The van der Waals surface area contributed by atoms with Crippen LogP contribution in [0.15, 0.2) is 78.9 Å². The highest BCUT2D eigenvalue weighted by molar-refractivity contribution is 6.26. The van der Waals surface area contributed by atoms with Crippen molar-refractivity contribution < 1.29 is 9.59 Å². The summed E-state index contributed by atoms with van der Waals surface area (Å²) in [6.07, 6.45) is 0. The lowest BCUT2D eigenvalue weighted by molar-refractivity contribution is -0.118. The van der Waals surface area contributed by atoms with E-state index in [1.807, 2.05) is 79.7 Å². The maximum atomic E-state index is 13.3. The number of aryl methyl sites for hydroxylation is 1. The predicted molar refractivity (Wildman–Crippen MR) is 97.7 cm³/mol. The molecule has 3 nitrogen and oxygen atoms in total. The summed E-state index contributed by atoms with van der Waals surface area (Å²) in [5.74, 6) is -0.952. The van der Waals surface area contributed by atoms with Crippen LogP contribution in [0.3, 0.4) is 0 Å². The van der Waals surface area contributed by atoms with Crippen molar-refractivity contribution in [1.29, 1.82) is 0 Å². The van der Waals surface area contributed by atoms with E-state index in [1.54, 1.807) is 6.07 Å². The lowest BCUT2D eigenvalue weighted by atomic mass is 9.83. The number of fused-ring (bicyclic) bond motifs is 1. The second-order valence-corrected chi connectivity index (χ2v) is 6.25. The van der Waals surface area contributed by atoms with E-state index in [9.17, 15) is 9.59 Å². The number of benzene rings is 3. The molecular formula is C22H17NO2. The first-order valence-corrected chi connectivity index (χ1v) is 8.25. The van der Waals surface area contributed by atoms with Gasteiger partial charge < -0.3 is 0 Å². The van der Waals surface area contributed by atoms with Gasteiger partial charge in [0, 0.05) is 5.56 Å². The Balaban J connectivity index is 1.90. The standard InChI is InChI=1S/C22H17NO2/c1-15-11-13-17(14-12-15)23-21(24)19-10-6-5-9-18(19)20(22(23)25)16-7-3-2-4-8-16/h2-14,20H,1H3. The number of hydrogen-bond acceptors (Lipinski definition) is 2. The van der Waals surface area contributed by atoms with E-state index in [4.69, 9.17) is 0 Å². The van der Waals surface area contributed by atoms with Gasteiger partial charge in [0.1, 0.15) is 0 Å². The van der Waals surface area contributed by atoms with Gasteiger partial charge in [-0.1, -0.05) is 66.2 Å². The highest BCUT2D eigenvalue weighted by Crippen LogP contribution is 2.36. The van der Waals surface area contributed by atoms with Gasteiger partial charge in [-0.2, -0.15) is 0 Å². The molecule has 1 atom stereocenters. The topological polar surface area (TPSA) is 37.4 Å². The first-order valence-electron chi connectivity index (χ1n) is 8.25. The zero-order valence-electron chi connectivity index (χ0n) is 13.8. The van der Waals surface area contributed by atoms with Crippen molar-refractivity contribution in [1.82, 2.24) is 0 Å². The van der Waals surface area contributed by atoms with Gasteiger partial charge in [-0.25, -0.2) is 4.90 Å². The molecule has 25 heavy (non-hydrogen) atoms. The van der Waals surface area contributed by atoms with E-state index in [0.717, 1.165) is 16.7 Å². The van der Waals surface area contributed by atoms with Crippen molar-refractivity contribution in [2.45, 2.75) is 12.8 Å². The summed E-state index contributed by atoms with van der Waals surface area (Å²) in [6.45, 7) is 1.98. The quantitative estimate of drug-likeness (QED) is 0.658. The summed E-state index contributed by atoms with van der Waals surface area (Å²) < 4.78 is 0. The Morgan fingerprint density at radius 1 is 0.760 bits per heavy atom. The molecule has 1 unspecified atom stereocenters. The molecule has 1 aliphatic heterocycles. The molecule has 0 aromatic heterocycles. The van der Waals surface area contributed by atoms with Crippen molar-refractivity contribution in [2.24, 2.45) is 0 Å². The Morgan fingerprint density at radius 2 is 1.40 bits per heavy atom. The number of carbonyl (C=O) groups is 2. The number of nitrogens with zero attached hydrogens (tertiary/aromatic N) is 1. The van der Waals surface area contributed by atoms with Crippen LogP contribution < -0.4 is 4.90 Å². The molecule has 0 bridgehead atoms. The molecule has 2 amide bonds. The molecule has 0 saturated heterocycles. The first kappa shape index (κ1) is 15.3. The summed E-state index contributed by atoms with van der Waals surface area (Å²) >= 11 is 0. The molecule has 0 aliphatic carbocycles. The van der Waals surface area contributed by atoms with Gasteiger partial charge >= 0.3 is 0 Å². The van der Waals surface area contributed by atoms with Gasteiger partial charge in [0.2, 0.25) is 5.91 Å². The molecule has 0 spiro atoms. The Morgan fingerprint density at radius 3 is 2.12 bits per heavy atom. The van der Waals surface area contributed by atoms with Crippen LogP contribution in [-0.2, 0) is 4.79 Å². The minimum Gasteiger partial charge on any atom is -0.273 e. The summed E-state index contributed by atoms with van der Waals surface area (Å²) in [5.41, 5.74) is 3.94. The first-order chi connectivity index (χ1) is 12.2.